The van der Waals surface area contributed by atoms with Gasteiger partial charge in [-0.25, -0.2) is 9.97 Å². The highest BCUT2D eigenvalue weighted by Gasteiger charge is 2.26. The lowest BCUT2D eigenvalue weighted by atomic mass is 10.2. The molecule has 1 amide bonds. The second-order valence-electron chi connectivity index (χ2n) is 5.58. The van der Waals surface area contributed by atoms with Crippen LogP contribution in [0.15, 0.2) is 42.7 Å². The van der Waals surface area contributed by atoms with E-state index in [1.165, 1.54) is 0 Å². The van der Waals surface area contributed by atoms with Crippen LogP contribution in [0.25, 0.3) is 0 Å². The number of carbonyl (C=O) groups is 1. The van der Waals surface area contributed by atoms with Gasteiger partial charge in [0.05, 0.1) is 0 Å². The van der Waals surface area contributed by atoms with Gasteiger partial charge in [0, 0.05) is 43.6 Å². The van der Waals surface area contributed by atoms with Crippen LogP contribution in [0.1, 0.15) is 6.92 Å². The molecule has 24 heavy (non-hydrogen) atoms. The van der Waals surface area contributed by atoms with Crippen molar-refractivity contribution >= 4 is 23.5 Å². The van der Waals surface area contributed by atoms with E-state index < -0.39 is 6.10 Å². The lowest BCUT2D eigenvalue weighted by molar-refractivity contribution is -0.138. The van der Waals surface area contributed by atoms with Gasteiger partial charge in [0.15, 0.2) is 6.10 Å². The first-order chi connectivity index (χ1) is 11.6. The summed E-state index contributed by atoms with van der Waals surface area (Å²) in [5.41, 5.74) is 0. The van der Waals surface area contributed by atoms with Crippen LogP contribution >= 0.6 is 11.6 Å². The Hall–Kier alpha value is -2.34. The van der Waals surface area contributed by atoms with Crippen molar-refractivity contribution in [2.24, 2.45) is 0 Å². The molecule has 1 aromatic heterocycles. The third-order valence-corrected chi connectivity index (χ3v) is 4.12. The Morgan fingerprint density at radius 3 is 2.54 bits per heavy atom. The topological polar surface area (TPSA) is 58.6 Å². The van der Waals surface area contributed by atoms with Crippen LogP contribution in [-0.4, -0.2) is 53.1 Å². The van der Waals surface area contributed by atoms with Gasteiger partial charge >= 0.3 is 0 Å². The number of nitrogens with zero attached hydrogens (tertiary/aromatic N) is 4. The first kappa shape index (κ1) is 16.5. The molecule has 1 saturated heterocycles. The molecule has 1 aliphatic heterocycles. The van der Waals surface area contributed by atoms with Crippen molar-refractivity contribution in [3.63, 3.8) is 0 Å². The number of anilines is 1. The Kier molecular flexibility index (Phi) is 5.15. The number of ether oxygens (including phenoxy) is 1. The fraction of sp³-hybridized carbons (Fsp3) is 0.353. The third kappa shape index (κ3) is 3.94. The molecule has 2 aromatic rings. The summed E-state index contributed by atoms with van der Waals surface area (Å²) >= 11 is 5.94. The molecule has 0 bridgehead atoms. The maximum absolute atomic E-state index is 12.5. The Morgan fingerprint density at radius 1 is 1.17 bits per heavy atom. The highest BCUT2D eigenvalue weighted by molar-refractivity contribution is 6.30. The predicted molar refractivity (Wildman–Crippen MR) is 92.4 cm³/mol. The summed E-state index contributed by atoms with van der Waals surface area (Å²) in [6.45, 7) is 4.43. The van der Waals surface area contributed by atoms with Crippen LogP contribution in [0.4, 0.5) is 5.95 Å². The van der Waals surface area contributed by atoms with Gasteiger partial charge in [-0.05, 0) is 31.2 Å². The number of amides is 1. The van der Waals surface area contributed by atoms with Crippen LogP contribution in [0.3, 0.4) is 0 Å². The molecule has 3 rings (SSSR count). The lowest BCUT2D eigenvalue weighted by Crippen LogP contribution is -2.52. The van der Waals surface area contributed by atoms with Gasteiger partial charge in [-0.3, -0.25) is 4.79 Å². The van der Waals surface area contributed by atoms with Crippen molar-refractivity contribution in [1.29, 1.82) is 0 Å². The summed E-state index contributed by atoms with van der Waals surface area (Å²) in [5, 5.41) is 0.587. The van der Waals surface area contributed by atoms with Crippen LogP contribution < -0.4 is 9.64 Å². The Bertz CT molecular complexity index is 690. The van der Waals surface area contributed by atoms with Crippen molar-refractivity contribution in [1.82, 2.24) is 14.9 Å². The van der Waals surface area contributed by atoms with E-state index in [9.17, 15) is 4.79 Å². The monoisotopic (exact) mass is 346 g/mol. The number of benzene rings is 1. The predicted octanol–water partition coefficient (Wildman–Crippen LogP) is 2.25. The second kappa shape index (κ2) is 7.49. The summed E-state index contributed by atoms with van der Waals surface area (Å²) in [6.07, 6.45) is 2.89. The van der Waals surface area contributed by atoms with Gasteiger partial charge in [0.25, 0.3) is 5.91 Å². The van der Waals surface area contributed by atoms with E-state index in [2.05, 4.69) is 14.9 Å². The molecule has 7 heteroatoms. The SMILES string of the molecule is C[C@H](Oc1cccc(Cl)c1)C(=O)N1CCN(c2ncccn2)CC1. The average molecular weight is 347 g/mol. The van der Waals surface area contributed by atoms with E-state index in [-0.39, 0.29) is 5.91 Å². The van der Waals surface area contributed by atoms with Crippen molar-refractivity contribution in [3.8, 4) is 5.75 Å². The molecule has 0 N–H and O–H groups in total. The molecule has 0 saturated carbocycles. The van der Waals surface area contributed by atoms with Gasteiger partial charge in [-0.2, -0.15) is 0 Å². The minimum absolute atomic E-state index is 0.0244. The summed E-state index contributed by atoms with van der Waals surface area (Å²) in [7, 11) is 0. The van der Waals surface area contributed by atoms with Crippen LogP contribution in [-0.2, 0) is 4.79 Å². The number of aromatic nitrogens is 2. The first-order valence-electron chi connectivity index (χ1n) is 7.86. The zero-order valence-corrected chi connectivity index (χ0v) is 14.2. The molecule has 0 unspecified atom stereocenters. The Labute approximate surface area is 146 Å². The first-order valence-corrected chi connectivity index (χ1v) is 8.24. The molecule has 1 aliphatic rings. The van der Waals surface area contributed by atoms with Crippen LogP contribution in [0.5, 0.6) is 5.75 Å². The normalized spacial score (nSPS) is 15.9. The second-order valence-corrected chi connectivity index (χ2v) is 6.02. The molecule has 1 aromatic carbocycles. The van der Waals surface area contributed by atoms with E-state index in [1.807, 2.05) is 4.90 Å². The minimum atomic E-state index is -0.553. The van der Waals surface area contributed by atoms with Gasteiger partial charge in [-0.1, -0.05) is 17.7 Å². The van der Waals surface area contributed by atoms with E-state index in [0.29, 0.717) is 42.9 Å². The molecule has 0 spiro atoms. The molecule has 1 atom stereocenters. The summed E-state index contributed by atoms with van der Waals surface area (Å²) < 4.78 is 5.71. The number of rotatable bonds is 4. The van der Waals surface area contributed by atoms with Gasteiger partial charge < -0.3 is 14.5 Å². The maximum atomic E-state index is 12.5. The zero-order chi connectivity index (χ0) is 16.9. The smallest absolute Gasteiger partial charge is 0.263 e. The van der Waals surface area contributed by atoms with Crippen LogP contribution in [0.2, 0.25) is 5.02 Å². The lowest BCUT2D eigenvalue weighted by Gasteiger charge is -2.35. The standard InChI is InChI=1S/C17H19ClN4O2/c1-13(24-15-5-2-4-14(18)12-15)16(23)21-8-10-22(11-9-21)17-19-6-3-7-20-17/h2-7,12-13H,8-11H2,1H3/t13-/m0/s1. The summed E-state index contributed by atoms with van der Waals surface area (Å²) in [5.74, 6) is 1.27. The maximum Gasteiger partial charge on any atom is 0.263 e. The highest BCUT2D eigenvalue weighted by atomic mass is 35.5. The average Bonchev–Trinajstić information content (AvgIpc) is 2.62. The molecule has 0 aliphatic carbocycles. The van der Waals surface area contributed by atoms with Crippen molar-refractivity contribution in [3.05, 3.63) is 47.7 Å². The molecule has 1 fully saturated rings. The Balaban J connectivity index is 1.55. The molecule has 6 nitrogen and oxygen atoms in total. The number of halogens is 1. The molecular formula is C17H19ClN4O2. The largest absolute Gasteiger partial charge is 0.481 e. The third-order valence-electron chi connectivity index (χ3n) is 3.88. The number of hydrogen-bond donors (Lipinski definition) is 0. The number of hydrogen-bond acceptors (Lipinski definition) is 5. The van der Waals surface area contributed by atoms with Crippen molar-refractivity contribution in [2.45, 2.75) is 13.0 Å². The van der Waals surface area contributed by atoms with E-state index in [4.69, 9.17) is 16.3 Å². The minimum Gasteiger partial charge on any atom is -0.481 e. The molecular weight excluding hydrogens is 328 g/mol. The van der Waals surface area contributed by atoms with E-state index in [0.717, 1.165) is 0 Å². The van der Waals surface area contributed by atoms with Gasteiger partial charge in [-0.15, -0.1) is 0 Å². The number of piperazine rings is 1. The van der Waals surface area contributed by atoms with E-state index >= 15 is 0 Å². The van der Waals surface area contributed by atoms with E-state index in [1.54, 1.807) is 49.6 Å². The fourth-order valence-corrected chi connectivity index (χ4v) is 2.81. The summed E-state index contributed by atoms with van der Waals surface area (Å²) in [6, 6.07) is 8.85. The molecule has 126 valence electrons. The van der Waals surface area contributed by atoms with Crippen molar-refractivity contribution < 1.29 is 9.53 Å². The van der Waals surface area contributed by atoms with Crippen LogP contribution in [0, 0.1) is 0 Å². The Morgan fingerprint density at radius 2 is 1.88 bits per heavy atom. The zero-order valence-electron chi connectivity index (χ0n) is 13.4. The number of carbonyl (C=O) groups excluding carboxylic acids is 1. The quantitative estimate of drug-likeness (QED) is 0.849. The van der Waals surface area contributed by atoms with Gasteiger partial charge in [0.2, 0.25) is 5.95 Å². The fourth-order valence-electron chi connectivity index (χ4n) is 2.63. The highest BCUT2D eigenvalue weighted by Crippen LogP contribution is 2.19. The molecule has 2 heterocycles. The van der Waals surface area contributed by atoms with Gasteiger partial charge in [0.1, 0.15) is 5.75 Å². The van der Waals surface area contributed by atoms with Crippen molar-refractivity contribution in [2.75, 3.05) is 31.1 Å². The summed E-state index contributed by atoms with van der Waals surface area (Å²) in [4.78, 5) is 24.9. The molecule has 0 radical (unpaired) electrons.